The summed E-state index contributed by atoms with van der Waals surface area (Å²) < 4.78 is 5.28. The minimum atomic E-state index is 0.202. The zero-order valence-electron chi connectivity index (χ0n) is 10.3. The van der Waals surface area contributed by atoms with Gasteiger partial charge >= 0.3 is 0 Å². The molecular formula is C14H19NO2. The van der Waals surface area contributed by atoms with Crippen LogP contribution < -0.4 is 0 Å². The number of amides is 1. The SMILES string of the molecule is Cc1ccccc1CCC(=O)N1CCCOC1. The molecule has 1 amide bonds. The van der Waals surface area contributed by atoms with Crippen LogP contribution in [-0.2, 0) is 16.0 Å². The molecule has 92 valence electrons. The van der Waals surface area contributed by atoms with Gasteiger partial charge in [0.05, 0.1) is 6.61 Å². The number of aryl methyl sites for hydroxylation is 2. The molecular weight excluding hydrogens is 214 g/mol. The highest BCUT2D eigenvalue weighted by molar-refractivity contribution is 5.76. The van der Waals surface area contributed by atoms with E-state index in [0.29, 0.717) is 13.2 Å². The van der Waals surface area contributed by atoms with Crippen molar-refractivity contribution in [3.63, 3.8) is 0 Å². The molecule has 17 heavy (non-hydrogen) atoms. The first-order chi connectivity index (χ1) is 8.27. The van der Waals surface area contributed by atoms with Gasteiger partial charge in [0, 0.05) is 13.0 Å². The van der Waals surface area contributed by atoms with Crippen molar-refractivity contribution in [2.75, 3.05) is 19.9 Å². The van der Waals surface area contributed by atoms with Gasteiger partial charge in [0.2, 0.25) is 5.91 Å². The van der Waals surface area contributed by atoms with E-state index in [1.807, 2.05) is 17.0 Å². The van der Waals surface area contributed by atoms with Crippen LogP contribution >= 0.6 is 0 Å². The Bertz CT molecular complexity index is 384. The number of benzene rings is 1. The van der Waals surface area contributed by atoms with E-state index in [2.05, 4.69) is 19.1 Å². The smallest absolute Gasteiger partial charge is 0.224 e. The molecule has 0 spiro atoms. The van der Waals surface area contributed by atoms with E-state index in [0.717, 1.165) is 26.0 Å². The summed E-state index contributed by atoms with van der Waals surface area (Å²) in [5.41, 5.74) is 2.52. The van der Waals surface area contributed by atoms with E-state index in [1.165, 1.54) is 11.1 Å². The molecule has 0 saturated carbocycles. The first-order valence-electron chi connectivity index (χ1n) is 6.17. The minimum Gasteiger partial charge on any atom is -0.361 e. The molecule has 0 aromatic heterocycles. The van der Waals surface area contributed by atoms with Gasteiger partial charge < -0.3 is 9.64 Å². The second-order valence-electron chi connectivity index (χ2n) is 4.47. The zero-order chi connectivity index (χ0) is 12.1. The minimum absolute atomic E-state index is 0.202. The largest absolute Gasteiger partial charge is 0.361 e. The summed E-state index contributed by atoms with van der Waals surface area (Å²) >= 11 is 0. The summed E-state index contributed by atoms with van der Waals surface area (Å²) in [4.78, 5) is 13.7. The van der Waals surface area contributed by atoms with E-state index in [9.17, 15) is 4.79 Å². The molecule has 0 unspecified atom stereocenters. The van der Waals surface area contributed by atoms with E-state index < -0.39 is 0 Å². The monoisotopic (exact) mass is 233 g/mol. The molecule has 3 heteroatoms. The summed E-state index contributed by atoms with van der Waals surface area (Å²) in [6.45, 7) is 4.17. The molecule has 0 atom stereocenters. The molecule has 1 saturated heterocycles. The number of hydrogen-bond donors (Lipinski definition) is 0. The molecule has 0 bridgehead atoms. The van der Waals surface area contributed by atoms with Crippen molar-refractivity contribution in [2.24, 2.45) is 0 Å². The second-order valence-corrected chi connectivity index (χ2v) is 4.47. The quantitative estimate of drug-likeness (QED) is 0.800. The predicted octanol–water partition coefficient (Wildman–Crippen LogP) is 2.13. The van der Waals surface area contributed by atoms with Gasteiger partial charge in [-0.1, -0.05) is 24.3 Å². The maximum Gasteiger partial charge on any atom is 0.224 e. The van der Waals surface area contributed by atoms with Crippen molar-refractivity contribution in [2.45, 2.75) is 26.2 Å². The molecule has 1 aromatic rings. The van der Waals surface area contributed by atoms with Gasteiger partial charge in [0.1, 0.15) is 6.73 Å². The van der Waals surface area contributed by atoms with Crippen LogP contribution in [0.5, 0.6) is 0 Å². The summed E-state index contributed by atoms with van der Waals surface area (Å²) in [5, 5.41) is 0. The lowest BCUT2D eigenvalue weighted by Crippen LogP contribution is -2.38. The van der Waals surface area contributed by atoms with Crippen LogP contribution in [0.3, 0.4) is 0 Å². The van der Waals surface area contributed by atoms with Gasteiger partial charge in [-0.15, -0.1) is 0 Å². The average molecular weight is 233 g/mol. The second kappa shape index (κ2) is 5.82. The van der Waals surface area contributed by atoms with E-state index >= 15 is 0 Å². The van der Waals surface area contributed by atoms with E-state index in [-0.39, 0.29) is 5.91 Å². The maximum atomic E-state index is 11.9. The van der Waals surface area contributed by atoms with Crippen LogP contribution in [0.2, 0.25) is 0 Å². The summed E-state index contributed by atoms with van der Waals surface area (Å²) in [7, 11) is 0. The predicted molar refractivity (Wildman–Crippen MR) is 66.6 cm³/mol. The van der Waals surface area contributed by atoms with Gasteiger partial charge in [-0.05, 0) is 30.9 Å². The standard InChI is InChI=1S/C14H19NO2/c1-12-5-2-3-6-13(12)7-8-14(16)15-9-4-10-17-11-15/h2-3,5-6H,4,7-11H2,1H3. The Labute approximate surface area is 102 Å². The fraction of sp³-hybridized carbons (Fsp3) is 0.500. The van der Waals surface area contributed by atoms with Gasteiger partial charge in [-0.3, -0.25) is 4.79 Å². The van der Waals surface area contributed by atoms with Gasteiger partial charge in [-0.25, -0.2) is 0 Å². The van der Waals surface area contributed by atoms with Crippen molar-refractivity contribution in [3.05, 3.63) is 35.4 Å². The van der Waals surface area contributed by atoms with Crippen molar-refractivity contribution in [1.82, 2.24) is 4.90 Å². The molecule has 2 rings (SSSR count). The Hall–Kier alpha value is -1.35. The Morgan fingerprint density at radius 3 is 2.94 bits per heavy atom. The Kier molecular flexibility index (Phi) is 4.15. The van der Waals surface area contributed by atoms with Gasteiger partial charge in [-0.2, -0.15) is 0 Å². The number of rotatable bonds is 3. The topological polar surface area (TPSA) is 29.5 Å². The maximum absolute atomic E-state index is 11.9. The number of hydrogen-bond acceptors (Lipinski definition) is 2. The fourth-order valence-corrected chi connectivity index (χ4v) is 2.08. The first-order valence-corrected chi connectivity index (χ1v) is 6.17. The van der Waals surface area contributed by atoms with Crippen molar-refractivity contribution >= 4 is 5.91 Å². The molecule has 0 radical (unpaired) electrons. The van der Waals surface area contributed by atoms with Crippen LogP contribution in [0.4, 0.5) is 0 Å². The number of carbonyl (C=O) groups excluding carboxylic acids is 1. The summed E-state index contributed by atoms with van der Waals surface area (Å²) in [6.07, 6.45) is 2.35. The first kappa shape index (κ1) is 12.1. The lowest BCUT2D eigenvalue weighted by Gasteiger charge is -2.26. The molecule has 1 aliphatic rings. The van der Waals surface area contributed by atoms with Gasteiger partial charge in [0.25, 0.3) is 0 Å². The zero-order valence-corrected chi connectivity index (χ0v) is 10.3. The van der Waals surface area contributed by atoms with Crippen molar-refractivity contribution in [1.29, 1.82) is 0 Å². The molecule has 3 nitrogen and oxygen atoms in total. The highest BCUT2D eigenvalue weighted by Crippen LogP contribution is 2.11. The third-order valence-corrected chi connectivity index (χ3v) is 3.19. The third-order valence-electron chi connectivity index (χ3n) is 3.19. The molecule has 1 aromatic carbocycles. The molecule has 1 heterocycles. The van der Waals surface area contributed by atoms with Crippen molar-refractivity contribution in [3.8, 4) is 0 Å². The van der Waals surface area contributed by atoms with E-state index in [1.54, 1.807) is 0 Å². The number of ether oxygens (including phenoxy) is 1. The number of nitrogens with zero attached hydrogens (tertiary/aromatic N) is 1. The molecule has 0 N–H and O–H groups in total. The Morgan fingerprint density at radius 2 is 2.24 bits per heavy atom. The third kappa shape index (κ3) is 3.30. The lowest BCUT2D eigenvalue weighted by atomic mass is 10.0. The highest BCUT2D eigenvalue weighted by Gasteiger charge is 2.16. The van der Waals surface area contributed by atoms with Gasteiger partial charge in [0.15, 0.2) is 0 Å². The summed E-state index contributed by atoms with van der Waals surface area (Å²) in [5.74, 6) is 0.202. The Morgan fingerprint density at radius 1 is 1.41 bits per heavy atom. The van der Waals surface area contributed by atoms with Crippen LogP contribution in [0, 0.1) is 6.92 Å². The molecule has 0 aliphatic carbocycles. The average Bonchev–Trinajstić information content (AvgIpc) is 2.38. The number of carbonyl (C=O) groups is 1. The molecule has 1 aliphatic heterocycles. The van der Waals surface area contributed by atoms with Crippen LogP contribution in [-0.4, -0.2) is 30.7 Å². The fourth-order valence-electron chi connectivity index (χ4n) is 2.08. The lowest BCUT2D eigenvalue weighted by molar-refractivity contribution is -0.140. The normalized spacial score (nSPS) is 15.9. The Balaban J connectivity index is 1.85. The van der Waals surface area contributed by atoms with Crippen LogP contribution in [0.1, 0.15) is 24.0 Å². The van der Waals surface area contributed by atoms with E-state index in [4.69, 9.17) is 4.74 Å². The van der Waals surface area contributed by atoms with Crippen molar-refractivity contribution < 1.29 is 9.53 Å². The molecule has 1 fully saturated rings. The van der Waals surface area contributed by atoms with Crippen LogP contribution in [0.15, 0.2) is 24.3 Å². The van der Waals surface area contributed by atoms with Crippen LogP contribution in [0.25, 0.3) is 0 Å². The highest BCUT2D eigenvalue weighted by atomic mass is 16.5. The summed E-state index contributed by atoms with van der Waals surface area (Å²) in [6, 6.07) is 8.23.